The van der Waals surface area contributed by atoms with Crippen LogP contribution in [0.4, 0.5) is 0 Å². The van der Waals surface area contributed by atoms with E-state index in [4.69, 9.17) is 39.9 Å². The summed E-state index contributed by atoms with van der Waals surface area (Å²) in [5.74, 6) is 0. The molecule has 0 aliphatic carbocycles. The zero-order valence-electron chi connectivity index (χ0n) is 8.93. The normalized spacial score (nSPS) is 12.8. The molecule has 1 aromatic carbocycles. The van der Waals surface area contributed by atoms with E-state index in [0.717, 1.165) is 12.0 Å². The minimum atomic E-state index is 0.0473. The van der Waals surface area contributed by atoms with Crippen LogP contribution < -0.4 is 5.32 Å². The lowest BCUT2D eigenvalue weighted by Crippen LogP contribution is -2.31. The molecule has 0 unspecified atom stereocenters. The van der Waals surface area contributed by atoms with E-state index in [0.29, 0.717) is 21.6 Å². The number of nitrogens with one attached hydrogen (secondary N) is 1. The summed E-state index contributed by atoms with van der Waals surface area (Å²) in [5, 5.41) is 13.7. The molecule has 90 valence electrons. The van der Waals surface area contributed by atoms with Crippen LogP contribution >= 0.6 is 34.8 Å². The van der Waals surface area contributed by atoms with E-state index in [1.807, 2.05) is 6.92 Å². The van der Waals surface area contributed by atoms with Crippen LogP contribution in [0.25, 0.3) is 0 Å². The van der Waals surface area contributed by atoms with E-state index in [2.05, 4.69) is 5.32 Å². The van der Waals surface area contributed by atoms with Gasteiger partial charge in [-0.2, -0.15) is 0 Å². The van der Waals surface area contributed by atoms with Gasteiger partial charge in [-0.05, 0) is 18.6 Å². The van der Waals surface area contributed by atoms with Gasteiger partial charge in [0.25, 0.3) is 0 Å². The first-order valence-electron chi connectivity index (χ1n) is 5.06. The van der Waals surface area contributed by atoms with E-state index in [1.54, 1.807) is 12.1 Å². The number of hydrogen-bond acceptors (Lipinski definition) is 2. The third-order valence-electron chi connectivity index (χ3n) is 2.42. The predicted molar refractivity (Wildman–Crippen MR) is 69.5 cm³/mol. The Bertz CT molecular complexity index is 353. The molecule has 0 aromatic heterocycles. The fourth-order valence-electron chi connectivity index (χ4n) is 1.32. The summed E-state index contributed by atoms with van der Waals surface area (Å²) in [7, 11) is 0. The van der Waals surface area contributed by atoms with Gasteiger partial charge >= 0.3 is 0 Å². The van der Waals surface area contributed by atoms with Gasteiger partial charge in [-0.1, -0.05) is 41.7 Å². The standard InChI is InChI=1S/C11H14Cl3NO/c1-2-7(6-16)15-5-8-9(12)3-4-10(13)11(8)14/h3-4,7,15-16H,2,5-6H2,1H3/t7-/m1/s1. The minimum Gasteiger partial charge on any atom is -0.395 e. The Morgan fingerprint density at radius 3 is 2.44 bits per heavy atom. The van der Waals surface area contributed by atoms with Crippen LogP contribution in [0.2, 0.25) is 15.1 Å². The van der Waals surface area contributed by atoms with Crippen molar-refractivity contribution in [2.75, 3.05) is 6.61 Å². The Balaban J connectivity index is 2.77. The molecule has 0 fully saturated rings. The number of hydrogen-bond donors (Lipinski definition) is 2. The molecule has 2 N–H and O–H groups in total. The summed E-state index contributed by atoms with van der Waals surface area (Å²) < 4.78 is 0. The highest BCUT2D eigenvalue weighted by Gasteiger charge is 2.11. The van der Waals surface area contributed by atoms with Crippen molar-refractivity contribution < 1.29 is 5.11 Å². The van der Waals surface area contributed by atoms with Gasteiger partial charge < -0.3 is 10.4 Å². The Hall–Kier alpha value is 0.01000. The van der Waals surface area contributed by atoms with Crippen molar-refractivity contribution >= 4 is 34.8 Å². The van der Waals surface area contributed by atoms with Gasteiger partial charge in [0, 0.05) is 23.2 Å². The lowest BCUT2D eigenvalue weighted by molar-refractivity contribution is 0.238. The summed E-state index contributed by atoms with van der Waals surface area (Å²) >= 11 is 18.0. The first kappa shape index (κ1) is 14.1. The van der Waals surface area contributed by atoms with E-state index in [1.165, 1.54) is 0 Å². The Labute approximate surface area is 111 Å². The largest absolute Gasteiger partial charge is 0.395 e. The Morgan fingerprint density at radius 2 is 1.88 bits per heavy atom. The van der Waals surface area contributed by atoms with Gasteiger partial charge in [0.1, 0.15) is 0 Å². The molecule has 0 heterocycles. The molecule has 0 spiro atoms. The zero-order chi connectivity index (χ0) is 12.1. The lowest BCUT2D eigenvalue weighted by Gasteiger charge is -2.15. The quantitative estimate of drug-likeness (QED) is 0.810. The molecule has 0 aliphatic heterocycles. The zero-order valence-corrected chi connectivity index (χ0v) is 11.2. The molecule has 0 amide bonds. The summed E-state index contributed by atoms with van der Waals surface area (Å²) in [6.45, 7) is 2.58. The van der Waals surface area contributed by atoms with Crippen molar-refractivity contribution in [3.8, 4) is 0 Å². The molecule has 1 rings (SSSR count). The van der Waals surface area contributed by atoms with Crippen molar-refractivity contribution in [2.24, 2.45) is 0 Å². The van der Waals surface area contributed by atoms with E-state index in [-0.39, 0.29) is 12.6 Å². The monoisotopic (exact) mass is 281 g/mol. The average molecular weight is 283 g/mol. The van der Waals surface area contributed by atoms with Crippen molar-refractivity contribution in [3.63, 3.8) is 0 Å². The molecule has 1 aromatic rings. The van der Waals surface area contributed by atoms with Crippen LogP contribution in [0, 0.1) is 0 Å². The first-order valence-corrected chi connectivity index (χ1v) is 6.20. The van der Waals surface area contributed by atoms with Crippen LogP contribution in [0.1, 0.15) is 18.9 Å². The second-order valence-corrected chi connectivity index (χ2v) is 4.68. The molecule has 0 bridgehead atoms. The maximum Gasteiger partial charge on any atom is 0.0652 e. The Morgan fingerprint density at radius 1 is 1.25 bits per heavy atom. The molecule has 0 aliphatic rings. The van der Waals surface area contributed by atoms with E-state index < -0.39 is 0 Å². The SMILES string of the molecule is CC[C@H](CO)NCc1c(Cl)ccc(Cl)c1Cl. The number of aliphatic hydroxyl groups is 1. The molecule has 0 saturated heterocycles. The van der Waals surface area contributed by atoms with Crippen molar-refractivity contribution in [3.05, 3.63) is 32.8 Å². The summed E-state index contributed by atoms with van der Waals surface area (Å²) in [4.78, 5) is 0. The second-order valence-electron chi connectivity index (χ2n) is 3.49. The smallest absolute Gasteiger partial charge is 0.0652 e. The Kier molecular flexibility index (Phi) is 5.87. The molecule has 2 nitrogen and oxygen atoms in total. The number of benzene rings is 1. The highest BCUT2D eigenvalue weighted by atomic mass is 35.5. The maximum atomic E-state index is 9.04. The first-order chi connectivity index (χ1) is 7.60. The fraction of sp³-hybridized carbons (Fsp3) is 0.455. The third kappa shape index (κ3) is 3.51. The van der Waals surface area contributed by atoms with Crippen molar-refractivity contribution in [2.45, 2.75) is 25.9 Å². The average Bonchev–Trinajstić information content (AvgIpc) is 2.29. The molecular formula is C11H14Cl3NO. The molecule has 0 radical (unpaired) electrons. The summed E-state index contributed by atoms with van der Waals surface area (Å²) in [6, 6.07) is 3.43. The summed E-state index contributed by atoms with van der Waals surface area (Å²) in [6.07, 6.45) is 0.840. The maximum absolute atomic E-state index is 9.04. The van der Waals surface area contributed by atoms with E-state index >= 15 is 0 Å². The highest BCUT2D eigenvalue weighted by Crippen LogP contribution is 2.31. The number of rotatable bonds is 5. The topological polar surface area (TPSA) is 32.3 Å². The second kappa shape index (κ2) is 6.67. The molecular weight excluding hydrogens is 268 g/mol. The lowest BCUT2D eigenvalue weighted by atomic mass is 10.2. The molecule has 0 saturated carbocycles. The number of halogens is 3. The van der Waals surface area contributed by atoms with Gasteiger partial charge in [0.15, 0.2) is 0 Å². The molecule has 16 heavy (non-hydrogen) atoms. The van der Waals surface area contributed by atoms with Crippen LogP contribution in [-0.4, -0.2) is 17.8 Å². The van der Waals surface area contributed by atoms with Gasteiger partial charge in [-0.25, -0.2) is 0 Å². The van der Waals surface area contributed by atoms with Crippen molar-refractivity contribution in [1.82, 2.24) is 5.32 Å². The predicted octanol–water partition coefficient (Wildman–Crippen LogP) is 3.51. The van der Waals surface area contributed by atoms with Gasteiger partial charge in [-0.15, -0.1) is 0 Å². The highest BCUT2D eigenvalue weighted by molar-refractivity contribution is 6.44. The van der Waals surface area contributed by atoms with Crippen LogP contribution in [0.5, 0.6) is 0 Å². The van der Waals surface area contributed by atoms with Gasteiger partial charge in [0.05, 0.1) is 16.7 Å². The van der Waals surface area contributed by atoms with Gasteiger partial charge in [-0.3, -0.25) is 0 Å². The van der Waals surface area contributed by atoms with Crippen LogP contribution in [-0.2, 0) is 6.54 Å². The van der Waals surface area contributed by atoms with Crippen LogP contribution in [0.3, 0.4) is 0 Å². The minimum absolute atomic E-state index is 0.0473. The van der Waals surface area contributed by atoms with Gasteiger partial charge in [0.2, 0.25) is 0 Å². The summed E-state index contributed by atoms with van der Waals surface area (Å²) in [5.41, 5.74) is 0.766. The number of aliphatic hydroxyl groups excluding tert-OH is 1. The third-order valence-corrected chi connectivity index (χ3v) is 3.62. The van der Waals surface area contributed by atoms with Crippen molar-refractivity contribution in [1.29, 1.82) is 0 Å². The van der Waals surface area contributed by atoms with Crippen LogP contribution in [0.15, 0.2) is 12.1 Å². The molecule has 1 atom stereocenters. The van der Waals surface area contributed by atoms with E-state index in [9.17, 15) is 0 Å². The molecule has 5 heteroatoms. The fourth-order valence-corrected chi connectivity index (χ4v) is 2.00.